The van der Waals surface area contributed by atoms with Gasteiger partial charge in [0.15, 0.2) is 0 Å². The predicted octanol–water partition coefficient (Wildman–Crippen LogP) is 6.05. The van der Waals surface area contributed by atoms with Crippen molar-refractivity contribution in [2.24, 2.45) is 4.99 Å². The molecule has 0 radical (unpaired) electrons. The molecular weight excluding hydrogens is 470 g/mol. The zero-order chi connectivity index (χ0) is 20.4. The number of hydrogen-bond donors (Lipinski definition) is 1. The topological polar surface area (TPSA) is 59.6 Å². The number of nitrogens with zero attached hydrogens (tertiary/aromatic N) is 3. The van der Waals surface area contributed by atoms with E-state index >= 15 is 0 Å². The Hall–Kier alpha value is -2.17. The summed E-state index contributed by atoms with van der Waals surface area (Å²) in [6, 6.07) is 16.1. The van der Waals surface area contributed by atoms with Crippen LogP contribution in [0.1, 0.15) is 27.1 Å². The van der Waals surface area contributed by atoms with Crippen molar-refractivity contribution in [3.63, 3.8) is 0 Å². The third-order valence-corrected chi connectivity index (χ3v) is 6.73. The fourth-order valence-electron chi connectivity index (χ4n) is 3.44. The van der Waals surface area contributed by atoms with Crippen LogP contribution in [-0.2, 0) is 19.5 Å². The van der Waals surface area contributed by atoms with Gasteiger partial charge >= 0.3 is 0 Å². The highest BCUT2D eigenvalue weighted by Gasteiger charge is 2.24. The van der Waals surface area contributed by atoms with Crippen LogP contribution in [0.2, 0.25) is 5.02 Å². The number of phenolic OH excluding ortho intramolecular Hbond substituents is 1. The molecule has 2 aromatic carbocycles. The molecule has 3 aromatic rings. The Morgan fingerprint density at radius 1 is 1.31 bits per heavy atom. The van der Waals surface area contributed by atoms with E-state index in [9.17, 15) is 10.4 Å². The van der Waals surface area contributed by atoms with E-state index in [1.807, 2.05) is 6.07 Å². The normalized spacial score (nSPS) is 14.1. The van der Waals surface area contributed by atoms with Crippen molar-refractivity contribution < 1.29 is 5.11 Å². The average Bonchev–Trinajstić information content (AvgIpc) is 3.07. The van der Waals surface area contributed by atoms with Crippen molar-refractivity contribution in [3.8, 4) is 11.8 Å². The van der Waals surface area contributed by atoms with E-state index in [0.29, 0.717) is 16.1 Å². The molecule has 146 valence electrons. The minimum atomic E-state index is -0.0209. The maximum absolute atomic E-state index is 10.2. The molecule has 0 bridgehead atoms. The Bertz CT molecular complexity index is 1120. The maximum Gasteiger partial charge on any atom is 0.143 e. The zero-order valence-corrected chi connectivity index (χ0v) is 18.6. The fraction of sp³-hybridized carbons (Fsp3) is 0.182. The van der Waals surface area contributed by atoms with E-state index in [0.717, 1.165) is 36.1 Å². The number of phenols is 1. The second kappa shape index (κ2) is 8.68. The van der Waals surface area contributed by atoms with Gasteiger partial charge in [-0.2, -0.15) is 5.26 Å². The predicted molar refractivity (Wildman–Crippen MR) is 121 cm³/mol. The SMILES string of the molecule is N#Cc1c(N=Cc2cc(Br)cc(Cl)c2O)sc2c1CCN(Cc1ccccc1)C2. The van der Waals surface area contributed by atoms with E-state index in [4.69, 9.17) is 11.6 Å². The zero-order valence-electron chi connectivity index (χ0n) is 15.4. The average molecular weight is 487 g/mol. The minimum Gasteiger partial charge on any atom is -0.506 e. The lowest BCUT2D eigenvalue weighted by molar-refractivity contribution is 0.249. The molecule has 0 aliphatic carbocycles. The highest BCUT2D eigenvalue weighted by atomic mass is 79.9. The summed E-state index contributed by atoms with van der Waals surface area (Å²) < 4.78 is 0.754. The number of aliphatic imine (C=N–C) groups is 1. The molecule has 0 amide bonds. The number of thiophene rings is 1. The summed E-state index contributed by atoms with van der Waals surface area (Å²) in [5, 5.41) is 20.8. The lowest BCUT2D eigenvalue weighted by Gasteiger charge is -2.26. The highest BCUT2D eigenvalue weighted by Crippen LogP contribution is 2.39. The number of halogens is 2. The molecule has 4 nitrogen and oxygen atoms in total. The van der Waals surface area contributed by atoms with E-state index in [1.165, 1.54) is 10.4 Å². The van der Waals surface area contributed by atoms with Gasteiger partial charge < -0.3 is 5.11 Å². The molecule has 0 unspecified atom stereocenters. The van der Waals surface area contributed by atoms with E-state index in [2.05, 4.69) is 56.2 Å². The van der Waals surface area contributed by atoms with Gasteiger partial charge in [-0.25, -0.2) is 4.99 Å². The number of aromatic hydroxyl groups is 1. The number of rotatable bonds is 4. The first kappa shape index (κ1) is 20.1. The lowest BCUT2D eigenvalue weighted by atomic mass is 10.0. The molecule has 7 heteroatoms. The first-order valence-corrected chi connectivity index (χ1v) is 11.1. The highest BCUT2D eigenvalue weighted by molar-refractivity contribution is 9.10. The van der Waals surface area contributed by atoms with Gasteiger partial charge in [-0.1, -0.05) is 57.9 Å². The van der Waals surface area contributed by atoms with Gasteiger partial charge in [0, 0.05) is 40.8 Å². The molecule has 2 heterocycles. The number of hydrogen-bond acceptors (Lipinski definition) is 5. The van der Waals surface area contributed by atoms with Gasteiger partial charge in [-0.3, -0.25) is 4.90 Å². The quantitative estimate of drug-likeness (QED) is 0.457. The number of nitriles is 1. The van der Waals surface area contributed by atoms with Crippen LogP contribution >= 0.6 is 38.9 Å². The van der Waals surface area contributed by atoms with Crippen molar-refractivity contribution in [2.75, 3.05) is 6.54 Å². The van der Waals surface area contributed by atoms with Crippen molar-refractivity contribution in [1.29, 1.82) is 5.26 Å². The molecule has 4 rings (SSSR count). The summed E-state index contributed by atoms with van der Waals surface area (Å²) in [5.41, 5.74) is 3.53. The molecule has 29 heavy (non-hydrogen) atoms. The molecule has 0 spiro atoms. The second-order valence-electron chi connectivity index (χ2n) is 6.83. The Labute approximate surface area is 186 Å². The van der Waals surface area contributed by atoms with Crippen molar-refractivity contribution >= 4 is 50.1 Å². The molecule has 0 fully saturated rings. The van der Waals surface area contributed by atoms with Crippen LogP contribution in [-0.4, -0.2) is 22.8 Å². The van der Waals surface area contributed by atoms with E-state index in [1.54, 1.807) is 29.7 Å². The fourth-order valence-corrected chi connectivity index (χ4v) is 5.46. The van der Waals surface area contributed by atoms with Gasteiger partial charge in [0.05, 0.1) is 10.6 Å². The monoisotopic (exact) mass is 485 g/mol. The van der Waals surface area contributed by atoms with Crippen LogP contribution in [0.4, 0.5) is 5.00 Å². The summed E-state index contributed by atoms with van der Waals surface area (Å²) >= 11 is 10.9. The molecule has 1 aliphatic rings. The van der Waals surface area contributed by atoms with Crippen molar-refractivity contribution in [1.82, 2.24) is 4.90 Å². The van der Waals surface area contributed by atoms with Gasteiger partial charge in [0.1, 0.15) is 16.8 Å². The van der Waals surface area contributed by atoms with E-state index in [-0.39, 0.29) is 10.8 Å². The third kappa shape index (κ3) is 4.39. The Balaban J connectivity index is 1.59. The molecular formula is C22H17BrClN3OS. The summed E-state index contributed by atoms with van der Waals surface area (Å²) in [7, 11) is 0. The smallest absolute Gasteiger partial charge is 0.143 e. The van der Waals surface area contributed by atoms with Gasteiger partial charge in [0.25, 0.3) is 0 Å². The van der Waals surface area contributed by atoms with Crippen LogP contribution in [0.15, 0.2) is 51.9 Å². The van der Waals surface area contributed by atoms with Crippen LogP contribution in [0.3, 0.4) is 0 Å². The molecule has 0 saturated carbocycles. The van der Waals surface area contributed by atoms with Crippen LogP contribution in [0.25, 0.3) is 0 Å². The maximum atomic E-state index is 10.2. The lowest BCUT2D eigenvalue weighted by Crippen LogP contribution is -2.29. The number of fused-ring (bicyclic) bond motifs is 1. The van der Waals surface area contributed by atoms with Crippen LogP contribution in [0, 0.1) is 11.3 Å². The molecule has 1 N–H and O–H groups in total. The summed E-state index contributed by atoms with van der Waals surface area (Å²) in [4.78, 5) is 8.10. The first-order valence-electron chi connectivity index (χ1n) is 9.08. The van der Waals surface area contributed by atoms with Crippen molar-refractivity contribution in [2.45, 2.75) is 19.5 Å². The van der Waals surface area contributed by atoms with Gasteiger partial charge in [-0.05, 0) is 29.7 Å². The van der Waals surface area contributed by atoms with Crippen LogP contribution < -0.4 is 0 Å². The molecule has 0 saturated heterocycles. The first-order chi connectivity index (χ1) is 14.0. The molecule has 1 aromatic heterocycles. The third-order valence-electron chi connectivity index (χ3n) is 4.86. The molecule has 1 aliphatic heterocycles. The second-order valence-corrected chi connectivity index (χ2v) is 9.23. The van der Waals surface area contributed by atoms with Crippen LogP contribution in [0.5, 0.6) is 5.75 Å². The van der Waals surface area contributed by atoms with Gasteiger partial charge in [0.2, 0.25) is 0 Å². The van der Waals surface area contributed by atoms with Gasteiger partial charge in [-0.15, -0.1) is 11.3 Å². The van der Waals surface area contributed by atoms with E-state index < -0.39 is 0 Å². The Morgan fingerprint density at radius 3 is 2.86 bits per heavy atom. The molecule has 0 atom stereocenters. The Kier molecular flexibility index (Phi) is 6.02. The number of benzene rings is 2. The summed E-state index contributed by atoms with van der Waals surface area (Å²) in [6.45, 7) is 2.62. The Morgan fingerprint density at radius 2 is 2.10 bits per heavy atom. The van der Waals surface area contributed by atoms with Crippen molar-refractivity contribution in [3.05, 3.63) is 79.1 Å². The minimum absolute atomic E-state index is 0.0209. The summed E-state index contributed by atoms with van der Waals surface area (Å²) in [5.74, 6) is -0.0209. The largest absolute Gasteiger partial charge is 0.506 e. The summed E-state index contributed by atoms with van der Waals surface area (Å²) in [6.07, 6.45) is 2.40. The standard InChI is InChI=1S/C22H17BrClN3OS/c23-16-8-15(21(28)19(24)9-16)11-26-22-18(10-25)17-6-7-27(13-20(17)29-22)12-14-4-2-1-3-5-14/h1-5,8-9,11,28H,6-7,12-13H2.